The van der Waals surface area contributed by atoms with Crippen LogP contribution in [0.4, 0.5) is 5.69 Å². The molecule has 7 heteroatoms. The van der Waals surface area contributed by atoms with Crippen molar-refractivity contribution in [1.82, 2.24) is 15.0 Å². The number of hydrogen-bond acceptors (Lipinski definition) is 5. The van der Waals surface area contributed by atoms with E-state index in [0.29, 0.717) is 12.3 Å². The minimum Gasteiger partial charge on any atom is -0.396 e. The van der Waals surface area contributed by atoms with Crippen molar-refractivity contribution < 1.29 is 10.0 Å². The molecule has 1 aromatic carbocycles. The number of nitro groups is 1. The molecule has 0 fully saturated rings. The normalized spacial score (nSPS) is 11.1. The summed E-state index contributed by atoms with van der Waals surface area (Å²) < 4.78 is 1.50. The van der Waals surface area contributed by atoms with Gasteiger partial charge in [-0.05, 0) is 25.3 Å². The third-order valence-corrected chi connectivity index (χ3v) is 5.46. The van der Waals surface area contributed by atoms with E-state index in [2.05, 4.69) is 10.3 Å². The standard InChI is InChI=1S/C23H36N4O3/c28-19-15-11-9-7-5-3-1-2-4-6-8-10-12-16-21-20-26(25-24-21)22-17-13-14-18-23(22)27(29)30/h13-14,17-18,20,28H,1-12,15-16,19H2. The lowest BCUT2D eigenvalue weighted by Gasteiger charge is -2.03. The Morgan fingerprint density at radius 1 is 0.833 bits per heavy atom. The quantitative estimate of drug-likeness (QED) is 0.200. The monoisotopic (exact) mass is 416 g/mol. The first-order valence-corrected chi connectivity index (χ1v) is 11.5. The third-order valence-electron chi connectivity index (χ3n) is 5.46. The second-order valence-electron chi connectivity index (χ2n) is 7.97. The predicted molar refractivity (Wildman–Crippen MR) is 119 cm³/mol. The molecule has 0 aliphatic heterocycles. The van der Waals surface area contributed by atoms with E-state index in [1.54, 1.807) is 24.4 Å². The van der Waals surface area contributed by atoms with Crippen LogP contribution >= 0.6 is 0 Å². The summed E-state index contributed by atoms with van der Waals surface area (Å²) in [5.41, 5.74) is 1.37. The molecule has 0 saturated carbocycles. The van der Waals surface area contributed by atoms with E-state index in [9.17, 15) is 10.1 Å². The maximum absolute atomic E-state index is 11.2. The van der Waals surface area contributed by atoms with Gasteiger partial charge in [-0.3, -0.25) is 10.1 Å². The van der Waals surface area contributed by atoms with Crippen LogP contribution in [-0.4, -0.2) is 31.6 Å². The van der Waals surface area contributed by atoms with E-state index >= 15 is 0 Å². The van der Waals surface area contributed by atoms with Crippen LogP contribution in [0.2, 0.25) is 0 Å². The summed E-state index contributed by atoms with van der Waals surface area (Å²) in [6.07, 6.45) is 18.8. The summed E-state index contributed by atoms with van der Waals surface area (Å²) in [5.74, 6) is 0. The fraction of sp³-hybridized carbons (Fsp3) is 0.652. The molecule has 0 amide bonds. The summed E-state index contributed by atoms with van der Waals surface area (Å²) >= 11 is 0. The lowest BCUT2D eigenvalue weighted by Crippen LogP contribution is -2.00. The van der Waals surface area contributed by atoms with Gasteiger partial charge >= 0.3 is 0 Å². The zero-order valence-electron chi connectivity index (χ0n) is 18.0. The molecule has 1 N–H and O–H groups in total. The second-order valence-corrected chi connectivity index (χ2v) is 7.97. The van der Waals surface area contributed by atoms with Crippen molar-refractivity contribution in [2.45, 2.75) is 89.9 Å². The van der Waals surface area contributed by atoms with Crippen LogP contribution in [0.1, 0.15) is 89.2 Å². The number of aliphatic hydroxyl groups is 1. The first-order chi connectivity index (χ1) is 14.7. The first-order valence-electron chi connectivity index (χ1n) is 11.5. The second kappa shape index (κ2) is 14.7. The van der Waals surface area contributed by atoms with Crippen LogP contribution in [0.5, 0.6) is 0 Å². The molecule has 0 bridgehead atoms. The molecule has 166 valence electrons. The summed E-state index contributed by atoms with van der Waals surface area (Å²) in [7, 11) is 0. The van der Waals surface area contributed by atoms with Crippen molar-refractivity contribution >= 4 is 5.69 Å². The highest BCUT2D eigenvalue weighted by molar-refractivity contribution is 5.51. The molecule has 2 rings (SSSR count). The number of aryl methyl sites for hydroxylation is 1. The van der Waals surface area contributed by atoms with Crippen molar-refractivity contribution in [1.29, 1.82) is 0 Å². The minimum atomic E-state index is -0.393. The van der Waals surface area contributed by atoms with E-state index < -0.39 is 4.92 Å². The van der Waals surface area contributed by atoms with Crippen molar-refractivity contribution in [3.05, 3.63) is 46.3 Å². The molecule has 1 aromatic heterocycles. The molecule has 0 atom stereocenters. The van der Waals surface area contributed by atoms with E-state index in [-0.39, 0.29) is 5.69 Å². The highest BCUT2D eigenvalue weighted by Crippen LogP contribution is 2.21. The average molecular weight is 417 g/mol. The topological polar surface area (TPSA) is 94.1 Å². The van der Waals surface area contributed by atoms with Gasteiger partial charge in [0.1, 0.15) is 5.69 Å². The van der Waals surface area contributed by atoms with E-state index in [0.717, 1.165) is 25.0 Å². The lowest BCUT2D eigenvalue weighted by atomic mass is 10.0. The zero-order chi connectivity index (χ0) is 21.4. The molecule has 0 unspecified atom stereocenters. The Balaban J connectivity index is 1.51. The highest BCUT2D eigenvalue weighted by atomic mass is 16.6. The van der Waals surface area contributed by atoms with Gasteiger partial charge < -0.3 is 5.11 Å². The minimum absolute atomic E-state index is 0.0376. The number of unbranched alkanes of at least 4 members (excludes halogenated alkanes) is 12. The SMILES string of the molecule is O=[N+]([O-])c1ccccc1-n1cc(CCCCCCCCCCCCCCCO)nn1. The zero-order valence-corrected chi connectivity index (χ0v) is 18.0. The fourth-order valence-corrected chi connectivity index (χ4v) is 3.71. The van der Waals surface area contributed by atoms with Crippen LogP contribution in [0.25, 0.3) is 5.69 Å². The van der Waals surface area contributed by atoms with Gasteiger partial charge in [0.25, 0.3) is 5.69 Å². The van der Waals surface area contributed by atoms with Crippen LogP contribution in [0, 0.1) is 10.1 Å². The van der Waals surface area contributed by atoms with Crippen LogP contribution in [-0.2, 0) is 6.42 Å². The van der Waals surface area contributed by atoms with Crippen molar-refractivity contribution in [3.63, 3.8) is 0 Å². The summed E-state index contributed by atoms with van der Waals surface area (Å²) in [6.45, 7) is 0.332. The van der Waals surface area contributed by atoms with Crippen LogP contribution in [0.3, 0.4) is 0 Å². The average Bonchev–Trinajstić information content (AvgIpc) is 3.23. The molecule has 0 spiro atoms. The molecule has 0 saturated heterocycles. The number of hydrogen-bond donors (Lipinski definition) is 1. The van der Waals surface area contributed by atoms with Gasteiger partial charge in [-0.15, -0.1) is 5.10 Å². The molecule has 0 aliphatic rings. The Morgan fingerprint density at radius 2 is 1.37 bits per heavy atom. The molecular formula is C23H36N4O3. The van der Waals surface area contributed by atoms with Crippen molar-refractivity contribution in [2.24, 2.45) is 0 Å². The molecule has 2 aromatic rings. The third kappa shape index (κ3) is 9.03. The summed E-state index contributed by atoms with van der Waals surface area (Å²) in [6, 6.07) is 6.59. The number of para-hydroxylation sites is 2. The lowest BCUT2D eigenvalue weighted by molar-refractivity contribution is -0.384. The number of nitrogens with zero attached hydrogens (tertiary/aromatic N) is 4. The van der Waals surface area contributed by atoms with Gasteiger partial charge in [-0.1, -0.05) is 88.0 Å². The smallest absolute Gasteiger partial charge is 0.294 e. The molecular weight excluding hydrogens is 380 g/mol. The van der Waals surface area contributed by atoms with Gasteiger partial charge in [0.05, 0.1) is 16.8 Å². The fourth-order valence-electron chi connectivity index (χ4n) is 3.71. The van der Waals surface area contributed by atoms with E-state index in [1.165, 1.54) is 81.4 Å². The maximum atomic E-state index is 11.2. The largest absolute Gasteiger partial charge is 0.396 e. The Bertz CT molecular complexity index is 733. The Morgan fingerprint density at radius 3 is 1.93 bits per heavy atom. The maximum Gasteiger partial charge on any atom is 0.294 e. The van der Waals surface area contributed by atoms with Gasteiger partial charge in [-0.2, -0.15) is 0 Å². The van der Waals surface area contributed by atoms with Crippen molar-refractivity contribution in [2.75, 3.05) is 6.61 Å². The molecule has 30 heavy (non-hydrogen) atoms. The number of aromatic nitrogens is 3. The molecule has 7 nitrogen and oxygen atoms in total. The number of aliphatic hydroxyl groups excluding tert-OH is 1. The van der Waals surface area contributed by atoms with Gasteiger partial charge in [0.15, 0.2) is 0 Å². The summed E-state index contributed by atoms with van der Waals surface area (Å²) in [4.78, 5) is 10.8. The van der Waals surface area contributed by atoms with Gasteiger partial charge in [0.2, 0.25) is 0 Å². The number of nitro benzene ring substituents is 1. The molecule has 0 aliphatic carbocycles. The summed E-state index contributed by atoms with van der Waals surface area (Å²) in [5, 5.41) is 28.1. The van der Waals surface area contributed by atoms with Gasteiger partial charge in [-0.25, -0.2) is 4.68 Å². The molecule has 1 heterocycles. The van der Waals surface area contributed by atoms with Crippen LogP contribution in [0.15, 0.2) is 30.5 Å². The first kappa shape index (κ1) is 24.0. The number of rotatable bonds is 17. The van der Waals surface area contributed by atoms with E-state index in [1.807, 2.05) is 0 Å². The molecule has 0 radical (unpaired) electrons. The Kier molecular flexibility index (Phi) is 11.7. The van der Waals surface area contributed by atoms with Gasteiger partial charge in [0, 0.05) is 12.7 Å². The van der Waals surface area contributed by atoms with Crippen LogP contribution < -0.4 is 0 Å². The Labute approximate surface area is 179 Å². The van der Waals surface area contributed by atoms with Crippen molar-refractivity contribution in [3.8, 4) is 5.69 Å². The van der Waals surface area contributed by atoms with E-state index in [4.69, 9.17) is 5.11 Å². The Hall–Kier alpha value is -2.28. The number of benzene rings is 1. The predicted octanol–water partition coefficient (Wildman–Crippen LogP) is 5.78. The highest BCUT2D eigenvalue weighted by Gasteiger charge is 2.15.